The van der Waals surface area contributed by atoms with Gasteiger partial charge in [-0.2, -0.15) is 0 Å². The number of hydrogen-bond donors (Lipinski definition) is 1. The summed E-state index contributed by atoms with van der Waals surface area (Å²) < 4.78 is 1.97. The molecule has 1 saturated carbocycles. The summed E-state index contributed by atoms with van der Waals surface area (Å²) in [5.41, 5.74) is 1.14. The summed E-state index contributed by atoms with van der Waals surface area (Å²) in [5.74, 6) is -0.726. The van der Waals surface area contributed by atoms with E-state index < -0.39 is 11.4 Å². The van der Waals surface area contributed by atoms with Crippen LogP contribution in [0, 0.1) is 0 Å². The van der Waals surface area contributed by atoms with Gasteiger partial charge in [0.15, 0.2) is 0 Å². The third-order valence-electron chi connectivity index (χ3n) is 4.14. The van der Waals surface area contributed by atoms with E-state index in [9.17, 15) is 9.90 Å². The number of nitrogens with zero attached hydrogens (tertiary/aromatic N) is 1. The lowest BCUT2D eigenvalue weighted by Crippen LogP contribution is -2.43. The molecule has 1 fully saturated rings. The van der Waals surface area contributed by atoms with Crippen molar-refractivity contribution in [1.29, 1.82) is 0 Å². The van der Waals surface area contributed by atoms with E-state index in [2.05, 4.69) is 0 Å². The highest BCUT2D eigenvalue weighted by Crippen LogP contribution is 2.45. The molecule has 0 spiro atoms. The molecule has 0 amide bonds. The molecular weight excluding hydrogens is 250 g/mol. The Morgan fingerprint density at radius 1 is 1.44 bits per heavy atom. The van der Waals surface area contributed by atoms with Crippen LogP contribution in [0.15, 0.2) is 24.3 Å². The summed E-state index contributed by atoms with van der Waals surface area (Å²) >= 11 is 6.17. The Hall–Kier alpha value is -1.48. The van der Waals surface area contributed by atoms with E-state index in [4.69, 9.17) is 11.6 Å². The zero-order valence-corrected chi connectivity index (χ0v) is 10.9. The zero-order chi connectivity index (χ0) is 12.9. The van der Waals surface area contributed by atoms with Crippen molar-refractivity contribution in [3.05, 3.63) is 35.0 Å². The van der Waals surface area contributed by atoms with E-state index in [1.165, 1.54) is 0 Å². The molecule has 1 aromatic carbocycles. The van der Waals surface area contributed by atoms with E-state index in [1.807, 2.05) is 35.9 Å². The highest BCUT2D eigenvalue weighted by molar-refractivity contribution is 6.35. The fraction of sp³-hybridized carbons (Fsp3) is 0.357. The molecule has 0 saturated heterocycles. The second kappa shape index (κ2) is 3.75. The molecule has 1 heterocycles. The molecule has 2 aromatic rings. The molecular formula is C14H14ClNO2. The minimum atomic E-state index is -0.726. The lowest BCUT2D eigenvalue weighted by atomic mass is 9.66. The van der Waals surface area contributed by atoms with Crippen molar-refractivity contribution in [3.8, 4) is 0 Å². The number of aliphatic carboxylic acids is 1. The van der Waals surface area contributed by atoms with Gasteiger partial charge in [0.2, 0.25) is 0 Å². The summed E-state index contributed by atoms with van der Waals surface area (Å²) in [7, 11) is 1.91. The number of fused-ring (bicyclic) bond motifs is 1. The van der Waals surface area contributed by atoms with Crippen LogP contribution in [-0.2, 0) is 17.3 Å². The first kappa shape index (κ1) is 11.6. The van der Waals surface area contributed by atoms with Gasteiger partial charge in [-0.3, -0.25) is 4.79 Å². The van der Waals surface area contributed by atoms with Crippen molar-refractivity contribution < 1.29 is 9.90 Å². The van der Waals surface area contributed by atoms with E-state index in [-0.39, 0.29) is 0 Å². The van der Waals surface area contributed by atoms with Gasteiger partial charge in [0, 0.05) is 28.7 Å². The number of halogens is 1. The summed E-state index contributed by atoms with van der Waals surface area (Å²) in [6, 6.07) is 7.63. The maximum Gasteiger partial charge on any atom is 0.315 e. The molecule has 0 radical (unpaired) electrons. The van der Waals surface area contributed by atoms with Gasteiger partial charge in [-0.05, 0) is 31.0 Å². The molecule has 1 aliphatic carbocycles. The molecule has 3 rings (SSSR count). The average molecular weight is 264 g/mol. The van der Waals surface area contributed by atoms with Crippen molar-refractivity contribution in [3.63, 3.8) is 0 Å². The molecule has 0 unspecified atom stereocenters. The normalized spacial score (nSPS) is 17.7. The second-order valence-electron chi connectivity index (χ2n) is 5.00. The monoisotopic (exact) mass is 263 g/mol. The first-order valence-corrected chi connectivity index (χ1v) is 6.42. The first-order valence-electron chi connectivity index (χ1n) is 6.04. The maximum atomic E-state index is 11.6. The summed E-state index contributed by atoms with van der Waals surface area (Å²) in [5, 5.41) is 11.1. The number of carboxylic acids is 1. The SMILES string of the molecule is Cn1c(C2(C(=O)O)CCC2)cc2c(Cl)cccc21. The van der Waals surface area contributed by atoms with Gasteiger partial charge >= 0.3 is 5.97 Å². The zero-order valence-electron chi connectivity index (χ0n) is 10.1. The molecule has 0 aliphatic heterocycles. The van der Waals surface area contributed by atoms with E-state index in [0.717, 1.165) is 23.0 Å². The van der Waals surface area contributed by atoms with Crippen molar-refractivity contribution in [2.75, 3.05) is 0 Å². The van der Waals surface area contributed by atoms with Crippen LogP contribution < -0.4 is 0 Å². The van der Waals surface area contributed by atoms with Crippen LogP contribution in [0.5, 0.6) is 0 Å². The second-order valence-corrected chi connectivity index (χ2v) is 5.41. The average Bonchev–Trinajstić information content (AvgIpc) is 2.57. The Labute approximate surface area is 110 Å². The fourth-order valence-electron chi connectivity index (χ4n) is 2.89. The Morgan fingerprint density at radius 3 is 2.67 bits per heavy atom. The van der Waals surface area contributed by atoms with Gasteiger partial charge in [0.1, 0.15) is 5.41 Å². The number of aryl methyl sites for hydroxylation is 1. The smallest absolute Gasteiger partial charge is 0.315 e. The van der Waals surface area contributed by atoms with Gasteiger partial charge in [0.25, 0.3) is 0 Å². The van der Waals surface area contributed by atoms with Crippen molar-refractivity contribution in [2.45, 2.75) is 24.7 Å². The van der Waals surface area contributed by atoms with Crippen LogP contribution in [0.1, 0.15) is 25.0 Å². The van der Waals surface area contributed by atoms with Crippen LogP contribution in [0.2, 0.25) is 5.02 Å². The predicted octanol–water partition coefficient (Wildman–Crippen LogP) is 3.34. The van der Waals surface area contributed by atoms with Crippen molar-refractivity contribution >= 4 is 28.5 Å². The summed E-state index contributed by atoms with van der Waals surface area (Å²) in [4.78, 5) is 11.6. The number of aromatic nitrogens is 1. The van der Waals surface area contributed by atoms with Crippen molar-refractivity contribution in [1.82, 2.24) is 4.57 Å². The molecule has 0 bridgehead atoms. The third kappa shape index (κ3) is 1.34. The Balaban J connectivity index is 2.27. The van der Waals surface area contributed by atoms with Crippen LogP contribution in [0.3, 0.4) is 0 Å². The minimum Gasteiger partial charge on any atom is -0.481 e. The number of benzene rings is 1. The minimum absolute atomic E-state index is 0.675. The summed E-state index contributed by atoms with van der Waals surface area (Å²) in [6.45, 7) is 0. The molecule has 4 heteroatoms. The molecule has 3 nitrogen and oxygen atoms in total. The van der Waals surface area contributed by atoms with Gasteiger partial charge in [-0.15, -0.1) is 0 Å². The molecule has 18 heavy (non-hydrogen) atoms. The highest BCUT2D eigenvalue weighted by Gasteiger charge is 2.48. The molecule has 1 N–H and O–H groups in total. The van der Waals surface area contributed by atoms with Crippen molar-refractivity contribution in [2.24, 2.45) is 7.05 Å². The van der Waals surface area contributed by atoms with Crippen LogP contribution >= 0.6 is 11.6 Å². The lowest BCUT2D eigenvalue weighted by molar-refractivity contribution is -0.147. The fourth-order valence-corrected chi connectivity index (χ4v) is 3.12. The molecule has 0 atom stereocenters. The third-order valence-corrected chi connectivity index (χ3v) is 4.47. The Kier molecular flexibility index (Phi) is 2.42. The number of carboxylic acid groups (broad SMARTS) is 1. The standard InChI is InChI=1S/C14H14ClNO2/c1-16-11-5-2-4-10(15)9(11)8-12(16)14(13(17)18)6-3-7-14/h2,4-5,8H,3,6-7H2,1H3,(H,17,18). The van der Waals surface area contributed by atoms with E-state index in [1.54, 1.807) is 0 Å². The predicted molar refractivity (Wildman–Crippen MR) is 71.1 cm³/mol. The molecule has 94 valence electrons. The highest BCUT2D eigenvalue weighted by atomic mass is 35.5. The lowest BCUT2D eigenvalue weighted by Gasteiger charge is -2.38. The molecule has 1 aromatic heterocycles. The maximum absolute atomic E-state index is 11.6. The number of rotatable bonds is 2. The number of hydrogen-bond acceptors (Lipinski definition) is 1. The molecule has 1 aliphatic rings. The van der Waals surface area contributed by atoms with E-state index in [0.29, 0.717) is 17.9 Å². The van der Waals surface area contributed by atoms with E-state index >= 15 is 0 Å². The van der Waals surface area contributed by atoms with Gasteiger partial charge in [-0.25, -0.2) is 0 Å². The quantitative estimate of drug-likeness (QED) is 0.903. The largest absolute Gasteiger partial charge is 0.481 e. The Bertz CT molecular complexity index is 641. The van der Waals surface area contributed by atoms with Crippen LogP contribution in [0.25, 0.3) is 10.9 Å². The van der Waals surface area contributed by atoms with Gasteiger partial charge < -0.3 is 9.67 Å². The summed E-state index contributed by atoms with van der Waals surface area (Å²) in [6.07, 6.45) is 2.40. The topological polar surface area (TPSA) is 42.2 Å². The Morgan fingerprint density at radius 2 is 2.17 bits per heavy atom. The van der Waals surface area contributed by atoms with Gasteiger partial charge in [0.05, 0.1) is 0 Å². The van der Waals surface area contributed by atoms with Gasteiger partial charge in [-0.1, -0.05) is 24.1 Å². The first-order chi connectivity index (χ1) is 8.56. The van der Waals surface area contributed by atoms with Crippen LogP contribution in [0.4, 0.5) is 0 Å². The number of carbonyl (C=O) groups is 1. The van der Waals surface area contributed by atoms with Crippen LogP contribution in [-0.4, -0.2) is 15.6 Å².